The van der Waals surface area contributed by atoms with Gasteiger partial charge in [-0.2, -0.15) is 0 Å². The van der Waals surface area contributed by atoms with E-state index in [9.17, 15) is 4.39 Å². The van der Waals surface area contributed by atoms with Crippen molar-refractivity contribution in [2.75, 3.05) is 5.32 Å². The summed E-state index contributed by atoms with van der Waals surface area (Å²) in [5.41, 5.74) is 3.40. The molecule has 2 heterocycles. The maximum absolute atomic E-state index is 13.3. The van der Waals surface area contributed by atoms with Gasteiger partial charge in [0, 0.05) is 11.9 Å². The molecule has 4 nitrogen and oxygen atoms in total. The molecule has 0 saturated heterocycles. The van der Waals surface area contributed by atoms with E-state index >= 15 is 0 Å². The summed E-state index contributed by atoms with van der Waals surface area (Å²) in [6.07, 6.45) is 5.33. The SMILES string of the molecule is Cc1cc(F)cc(NCc2cnc3cnc(Br)cn23)c1. The zero-order valence-electron chi connectivity index (χ0n) is 10.8. The van der Waals surface area contributed by atoms with Crippen molar-refractivity contribution in [1.82, 2.24) is 14.4 Å². The van der Waals surface area contributed by atoms with Crippen LogP contribution in [0.25, 0.3) is 5.65 Å². The Balaban J connectivity index is 1.84. The highest BCUT2D eigenvalue weighted by atomic mass is 79.9. The summed E-state index contributed by atoms with van der Waals surface area (Å²) < 4.78 is 16.0. The molecule has 3 aromatic rings. The number of aromatic nitrogens is 3. The Morgan fingerprint density at radius 1 is 1.25 bits per heavy atom. The molecule has 20 heavy (non-hydrogen) atoms. The third-order valence-electron chi connectivity index (χ3n) is 2.96. The van der Waals surface area contributed by atoms with Crippen LogP contribution in [0.15, 0.2) is 41.4 Å². The van der Waals surface area contributed by atoms with Gasteiger partial charge in [0.15, 0.2) is 5.65 Å². The molecule has 0 bridgehead atoms. The lowest BCUT2D eigenvalue weighted by Crippen LogP contribution is -2.03. The number of rotatable bonds is 3. The predicted molar refractivity (Wildman–Crippen MR) is 79.2 cm³/mol. The van der Waals surface area contributed by atoms with Crippen molar-refractivity contribution in [1.29, 1.82) is 0 Å². The van der Waals surface area contributed by atoms with Gasteiger partial charge in [-0.25, -0.2) is 14.4 Å². The van der Waals surface area contributed by atoms with Gasteiger partial charge in [-0.15, -0.1) is 0 Å². The highest BCUT2D eigenvalue weighted by Crippen LogP contribution is 2.16. The largest absolute Gasteiger partial charge is 0.379 e. The van der Waals surface area contributed by atoms with Crippen molar-refractivity contribution < 1.29 is 4.39 Å². The van der Waals surface area contributed by atoms with E-state index in [0.29, 0.717) is 6.54 Å². The van der Waals surface area contributed by atoms with E-state index in [4.69, 9.17) is 0 Å². The number of nitrogens with zero attached hydrogens (tertiary/aromatic N) is 3. The van der Waals surface area contributed by atoms with Gasteiger partial charge in [0.1, 0.15) is 10.4 Å². The molecule has 0 aliphatic rings. The van der Waals surface area contributed by atoms with Gasteiger partial charge in [-0.1, -0.05) is 0 Å². The molecule has 0 amide bonds. The van der Waals surface area contributed by atoms with Crippen molar-refractivity contribution >= 4 is 27.3 Å². The minimum Gasteiger partial charge on any atom is -0.379 e. The number of imidazole rings is 1. The third kappa shape index (κ3) is 2.65. The molecule has 0 spiro atoms. The molecule has 102 valence electrons. The van der Waals surface area contributed by atoms with E-state index in [0.717, 1.165) is 27.2 Å². The fourth-order valence-electron chi connectivity index (χ4n) is 2.08. The van der Waals surface area contributed by atoms with Gasteiger partial charge < -0.3 is 5.32 Å². The van der Waals surface area contributed by atoms with Gasteiger partial charge in [0.25, 0.3) is 0 Å². The molecular formula is C14H12BrFN4. The van der Waals surface area contributed by atoms with E-state index in [2.05, 4.69) is 31.2 Å². The van der Waals surface area contributed by atoms with E-state index < -0.39 is 0 Å². The zero-order chi connectivity index (χ0) is 14.1. The van der Waals surface area contributed by atoms with Crippen LogP contribution in [0.1, 0.15) is 11.3 Å². The second kappa shape index (κ2) is 5.20. The Morgan fingerprint density at radius 3 is 2.90 bits per heavy atom. The minimum absolute atomic E-state index is 0.238. The fourth-order valence-corrected chi connectivity index (χ4v) is 2.38. The van der Waals surface area contributed by atoms with E-state index in [-0.39, 0.29) is 5.82 Å². The number of benzene rings is 1. The third-order valence-corrected chi connectivity index (χ3v) is 3.37. The molecule has 0 aliphatic heterocycles. The van der Waals surface area contributed by atoms with Gasteiger partial charge in [0.05, 0.1) is 24.6 Å². The van der Waals surface area contributed by atoms with E-state index in [1.165, 1.54) is 12.1 Å². The number of anilines is 1. The first-order valence-corrected chi connectivity index (χ1v) is 6.90. The van der Waals surface area contributed by atoms with Gasteiger partial charge >= 0.3 is 0 Å². The molecule has 6 heteroatoms. The van der Waals surface area contributed by atoms with Crippen LogP contribution >= 0.6 is 15.9 Å². The maximum atomic E-state index is 13.3. The molecule has 2 aromatic heterocycles. The summed E-state index contributed by atoms with van der Waals surface area (Å²) in [5, 5.41) is 3.20. The Labute approximate surface area is 123 Å². The van der Waals surface area contributed by atoms with Gasteiger partial charge in [-0.05, 0) is 46.6 Å². The number of fused-ring (bicyclic) bond motifs is 1. The monoisotopic (exact) mass is 334 g/mol. The Morgan fingerprint density at radius 2 is 2.10 bits per heavy atom. The van der Waals surface area contributed by atoms with Crippen molar-refractivity contribution in [2.45, 2.75) is 13.5 Å². The molecule has 3 rings (SSSR count). The summed E-state index contributed by atoms with van der Waals surface area (Å²) in [6.45, 7) is 2.42. The summed E-state index contributed by atoms with van der Waals surface area (Å²) in [4.78, 5) is 8.40. The fraction of sp³-hybridized carbons (Fsp3) is 0.143. The van der Waals surface area contributed by atoms with Crippen LogP contribution in [0.4, 0.5) is 10.1 Å². The zero-order valence-corrected chi connectivity index (χ0v) is 12.4. The topological polar surface area (TPSA) is 42.2 Å². The Kier molecular flexibility index (Phi) is 3.40. The van der Waals surface area contributed by atoms with E-state index in [1.54, 1.807) is 12.4 Å². The van der Waals surface area contributed by atoms with Crippen LogP contribution in [0, 0.1) is 12.7 Å². The highest BCUT2D eigenvalue weighted by Gasteiger charge is 2.05. The van der Waals surface area contributed by atoms with Crippen molar-refractivity contribution in [3.63, 3.8) is 0 Å². The minimum atomic E-state index is -0.238. The normalized spacial score (nSPS) is 10.9. The second-order valence-electron chi connectivity index (χ2n) is 4.56. The average molecular weight is 335 g/mol. The summed E-state index contributed by atoms with van der Waals surface area (Å²) in [6, 6.07) is 4.89. The number of halogens is 2. The number of nitrogens with one attached hydrogen (secondary N) is 1. The Bertz CT molecular complexity index is 749. The van der Waals surface area contributed by atoms with Crippen LogP contribution in [0.2, 0.25) is 0 Å². The number of hydrogen-bond donors (Lipinski definition) is 1. The van der Waals surface area contributed by atoms with Crippen molar-refractivity contribution in [3.05, 3.63) is 58.5 Å². The summed E-state index contributed by atoms with van der Waals surface area (Å²) in [5.74, 6) is -0.238. The standard InChI is InChI=1S/C14H12BrFN4/c1-9-2-10(16)4-11(3-9)17-5-12-6-19-14-7-18-13(15)8-20(12)14/h2-4,6-8,17H,5H2,1H3. The molecule has 1 aromatic carbocycles. The first kappa shape index (κ1) is 13.1. The van der Waals surface area contributed by atoms with Crippen molar-refractivity contribution in [3.8, 4) is 0 Å². The summed E-state index contributed by atoms with van der Waals surface area (Å²) in [7, 11) is 0. The second-order valence-corrected chi connectivity index (χ2v) is 5.37. The molecule has 1 N–H and O–H groups in total. The highest BCUT2D eigenvalue weighted by molar-refractivity contribution is 9.10. The van der Waals surface area contributed by atoms with Crippen LogP contribution in [0.5, 0.6) is 0 Å². The first-order valence-electron chi connectivity index (χ1n) is 6.10. The molecule has 0 atom stereocenters. The van der Waals surface area contributed by atoms with E-state index in [1.807, 2.05) is 23.6 Å². The molecule has 0 radical (unpaired) electrons. The lowest BCUT2D eigenvalue weighted by atomic mass is 10.2. The maximum Gasteiger partial charge on any atom is 0.155 e. The number of hydrogen-bond acceptors (Lipinski definition) is 3. The molecule has 0 unspecified atom stereocenters. The average Bonchev–Trinajstić information content (AvgIpc) is 2.77. The van der Waals surface area contributed by atoms with Crippen molar-refractivity contribution in [2.24, 2.45) is 0 Å². The lowest BCUT2D eigenvalue weighted by Gasteiger charge is -2.07. The predicted octanol–water partition coefficient (Wildman–Crippen LogP) is 3.55. The molecular weight excluding hydrogens is 323 g/mol. The molecule has 0 fully saturated rings. The van der Waals surface area contributed by atoms with Crippen LogP contribution in [0.3, 0.4) is 0 Å². The van der Waals surface area contributed by atoms with Gasteiger partial charge in [-0.3, -0.25) is 4.40 Å². The first-order chi connectivity index (χ1) is 9.61. The quantitative estimate of drug-likeness (QED) is 0.796. The molecule has 0 saturated carbocycles. The molecule has 0 aliphatic carbocycles. The Hall–Kier alpha value is -1.95. The lowest BCUT2D eigenvalue weighted by molar-refractivity contribution is 0.627. The van der Waals surface area contributed by atoms with Crippen LogP contribution < -0.4 is 5.32 Å². The van der Waals surface area contributed by atoms with Gasteiger partial charge in [0.2, 0.25) is 0 Å². The van der Waals surface area contributed by atoms with Crippen LogP contribution in [-0.2, 0) is 6.54 Å². The number of aryl methyl sites for hydroxylation is 1. The smallest absolute Gasteiger partial charge is 0.155 e. The summed E-state index contributed by atoms with van der Waals surface area (Å²) >= 11 is 3.34. The van der Waals surface area contributed by atoms with Crippen LogP contribution in [-0.4, -0.2) is 14.4 Å².